The molecule has 2 aromatic carbocycles. The minimum absolute atomic E-state index is 0.136. The van der Waals surface area contributed by atoms with E-state index in [1.807, 2.05) is 7.11 Å². The first-order valence-electron chi connectivity index (χ1n) is 9.34. The van der Waals surface area contributed by atoms with Crippen LogP contribution < -0.4 is 4.74 Å². The first-order chi connectivity index (χ1) is 11.5. The van der Waals surface area contributed by atoms with E-state index < -0.39 is 0 Å². The summed E-state index contributed by atoms with van der Waals surface area (Å²) in [6, 6.07) is 9.64. The molecule has 0 spiro atoms. The van der Waals surface area contributed by atoms with Crippen molar-refractivity contribution >= 4 is 0 Å². The molecule has 0 atom stereocenters. The van der Waals surface area contributed by atoms with E-state index >= 15 is 0 Å². The molecule has 0 radical (unpaired) electrons. The van der Waals surface area contributed by atoms with Crippen LogP contribution in [0.3, 0.4) is 0 Å². The summed E-state index contributed by atoms with van der Waals surface area (Å²) in [4.78, 5) is 0. The molecule has 0 fully saturated rings. The normalized spacial score (nSPS) is 16.2. The van der Waals surface area contributed by atoms with E-state index in [1.165, 1.54) is 66.3 Å². The van der Waals surface area contributed by atoms with Crippen molar-refractivity contribution in [3.8, 4) is 16.9 Å². The van der Waals surface area contributed by atoms with Gasteiger partial charge in [-0.15, -0.1) is 0 Å². The number of rotatable bonds is 2. The third-order valence-electron chi connectivity index (χ3n) is 5.74. The molecule has 0 unspecified atom stereocenters. The van der Waals surface area contributed by atoms with Crippen LogP contribution in [0.5, 0.6) is 5.75 Å². The van der Waals surface area contributed by atoms with Gasteiger partial charge >= 0.3 is 0 Å². The molecule has 0 aromatic heterocycles. The van der Waals surface area contributed by atoms with Gasteiger partial charge in [0.1, 0.15) is 5.75 Å². The number of aryl methyl sites for hydroxylation is 4. The van der Waals surface area contributed by atoms with Gasteiger partial charge in [0, 0.05) is 5.56 Å². The highest BCUT2D eigenvalue weighted by molar-refractivity contribution is 5.77. The summed E-state index contributed by atoms with van der Waals surface area (Å²) in [6.45, 7) is 6.98. The molecular formula is C23H28O. The van der Waals surface area contributed by atoms with E-state index in [0.717, 1.165) is 5.75 Å². The van der Waals surface area contributed by atoms with Crippen molar-refractivity contribution in [3.63, 3.8) is 0 Å². The molecule has 0 heterocycles. The van der Waals surface area contributed by atoms with Crippen molar-refractivity contribution in [2.24, 2.45) is 0 Å². The van der Waals surface area contributed by atoms with Crippen LogP contribution in [0.25, 0.3) is 11.1 Å². The second-order valence-corrected chi connectivity index (χ2v) is 8.44. The Bertz CT molecular complexity index is 793. The van der Waals surface area contributed by atoms with Crippen molar-refractivity contribution in [1.29, 1.82) is 0 Å². The molecule has 0 bridgehead atoms. The molecule has 126 valence electrons. The Hall–Kier alpha value is -1.76. The fraction of sp³-hybridized carbons (Fsp3) is 0.478. The van der Waals surface area contributed by atoms with Gasteiger partial charge in [0.25, 0.3) is 0 Å². The fourth-order valence-electron chi connectivity index (χ4n) is 4.45. The average Bonchev–Trinajstić information content (AvgIpc) is 3.19. The zero-order valence-corrected chi connectivity index (χ0v) is 15.5. The van der Waals surface area contributed by atoms with Gasteiger partial charge in [-0.25, -0.2) is 0 Å². The second kappa shape index (κ2) is 5.65. The Labute approximate surface area is 146 Å². The standard InChI is InChI=1S/C23H28O/c1-23(2,3)21-13-17-9-5-7-15(17)11-19(21)20-12-16-8-6-10-18(16)14-22(20)24-4/h11-14H,5-10H2,1-4H3. The molecule has 1 nitrogen and oxygen atoms in total. The Morgan fingerprint density at radius 1 is 0.708 bits per heavy atom. The number of fused-ring (bicyclic) bond motifs is 2. The molecule has 4 rings (SSSR count). The lowest BCUT2D eigenvalue weighted by atomic mass is 9.79. The van der Waals surface area contributed by atoms with E-state index in [2.05, 4.69) is 45.0 Å². The topological polar surface area (TPSA) is 9.23 Å². The third-order valence-corrected chi connectivity index (χ3v) is 5.74. The number of hydrogen-bond acceptors (Lipinski definition) is 1. The lowest BCUT2D eigenvalue weighted by Crippen LogP contribution is -2.14. The number of hydrogen-bond donors (Lipinski definition) is 0. The van der Waals surface area contributed by atoms with Crippen LogP contribution in [-0.2, 0) is 31.1 Å². The zero-order chi connectivity index (χ0) is 16.9. The molecule has 2 aliphatic rings. The summed E-state index contributed by atoms with van der Waals surface area (Å²) in [5.74, 6) is 1.04. The number of ether oxygens (including phenoxy) is 1. The number of benzene rings is 2. The molecular weight excluding hydrogens is 292 g/mol. The maximum Gasteiger partial charge on any atom is 0.126 e. The van der Waals surface area contributed by atoms with E-state index in [9.17, 15) is 0 Å². The Morgan fingerprint density at radius 3 is 1.75 bits per heavy atom. The van der Waals surface area contributed by atoms with E-state index in [-0.39, 0.29) is 5.41 Å². The summed E-state index contributed by atoms with van der Waals surface area (Å²) < 4.78 is 5.81. The lowest BCUT2D eigenvalue weighted by molar-refractivity contribution is 0.416. The second-order valence-electron chi connectivity index (χ2n) is 8.44. The van der Waals surface area contributed by atoms with Crippen LogP contribution in [0.4, 0.5) is 0 Å². The van der Waals surface area contributed by atoms with Crippen LogP contribution in [0, 0.1) is 0 Å². The van der Waals surface area contributed by atoms with Gasteiger partial charge in [-0.2, -0.15) is 0 Å². The first-order valence-corrected chi connectivity index (χ1v) is 9.34. The van der Waals surface area contributed by atoms with Crippen molar-refractivity contribution in [1.82, 2.24) is 0 Å². The van der Waals surface area contributed by atoms with Gasteiger partial charge in [-0.1, -0.05) is 32.9 Å². The van der Waals surface area contributed by atoms with Crippen LogP contribution in [-0.4, -0.2) is 7.11 Å². The predicted molar refractivity (Wildman–Crippen MR) is 101 cm³/mol. The molecule has 2 aromatic rings. The van der Waals surface area contributed by atoms with Crippen molar-refractivity contribution in [2.45, 2.75) is 64.7 Å². The van der Waals surface area contributed by atoms with Crippen molar-refractivity contribution < 1.29 is 4.74 Å². The van der Waals surface area contributed by atoms with Gasteiger partial charge in [0.15, 0.2) is 0 Å². The van der Waals surface area contributed by atoms with E-state index in [1.54, 1.807) is 11.1 Å². The maximum absolute atomic E-state index is 5.81. The summed E-state index contributed by atoms with van der Waals surface area (Å²) in [7, 11) is 1.81. The zero-order valence-electron chi connectivity index (χ0n) is 15.5. The predicted octanol–water partition coefficient (Wildman–Crippen LogP) is 5.64. The highest BCUT2D eigenvalue weighted by Gasteiger charge is 2.25. The largest absolute Gasteiger partial charge is 0.496 e. The lowest BCUT2D eigenvalue weighted by Gasteiger charge is -2.26. The van der Waals surface area contributed by atoms with Gasteiger partial charge in [-0.05, 0) is 89.5 Å². The molecule has 0 saturated heterocycles. The quantitative estimate of drug-likeness (QED) is 0.696. The first kappa shape index (κ1) is 15.7. The van der Waals surface area contributed by atoms with Gasteiger partial charge in [0.2, 0.25) is 0 Å². The minimum atomic E-state index is 0.136. The van der Waals surface area contributed by atoms with Crippen molar-refractivity contribution in [2.75, 3.05) is 7.11 Å². The summed E-state index contributed by atoms with van der Waals surface area (Å²) >= 11 is 0. The molecule has 0 N–H and O–H groups in total. The number of methoxy groups -OCH3 is 1. The summed E-state index contributed by atoms with van der Waals surface area (Å²) in [6.07, 6.45) is 7.44. The molecule has 0 amide bonds. The van der Waals surface area contributed by atoms with Crippen LogP contribution >= 0.6 is 0 Å². The average molecular weight is 320 g/mol. The fourth-order valence-corrected chi connectivity index (χ4v) is 4.45. The van der Waals surface area contributed by atoms with E-state index in [0.29, 0.717) is 0 Å². The molecule has 2 aliphatic carbocycles. The third kappa shape index (κ3) is 2.55. The molecule has 0 aliphatic heterocycles. The molecule has 24 heavy (non-hydrogen) atoms. The van der Waals surface area contributed by atoms with Crippen LogP contribution in [0.1, 0.15) is 61.4 Å². The van der Waals surface area contributed by atoms with Crippen LogP contribution in [0.15, 0.2) is 24.3 Å². The maximum atomic E-state index is 5.81. The Morgan fingerprint density at radius 2 is 1.21 bits per heavy atom. The van der Waals surface area contributed by atoms with E-state index in [4.69, 9.17) is 4.74 Å². The minimum Gasteiger partial charge on any atom is -0.496 e. The molecule has 0 saturated carbocycles. The van der Waals surface area contributed by atoms with Crippen LogP contribution in [0.2, 0.25) is 0 Å². The van der Waals surface area contributed by atoms with Gasteiger partial charge in [-0.3, -0.25) is 0 Å². The Kier molecular flexibility index (Phi) is 3.71. The monoisotopic (exact) mass is 320 g/mol. The van der Waals surface area contributed by atoms with Crippen molar-refractivity contribution in [3.05, 3.63) is 52.1 Å². The summed E-state index contributed by atoms with van der Waals surface area (Å²) in [5, 5.41) is 0. The SMILES string of the molecule is COc1cc2c(cc1-c1cc3c(cc1C(C)(C)C)CCC3)CCC2. The highest BCUT2D eigenvalue weighted by Crippen LogP contribution is 2.43. The van der Waals surface area contributed by atoms with Gasteiger partial charge < -0.3 is 4.74 Å². The smallest absolute Gasteiger partial charge is 0.126 e. The molecule has 1 heteroatoms. The van der Waals surface area contributed by atoms with Gasteiger partial charge in [0.05, 0.1) is 7.11 Å². The summed E-state index contributed by atoms with van der Waals surface area (Å²) in [5.41, 5.74) is 10.4. The Balaban J connectivity index is 1.96. The highest BCUT2D eigenvalue weighted by atomic mass is 16.5.